The molecule has 0 fully saturated rings. The fourth-order valence-corrected chi connectivity index (χ4v) is 2.09. The molecule has 0 aliphatic carbocycles. The molecule has 0 aliphatic rings. The molecule has 22 heavy (non-hydrogen) atoms. The van der Waals surface area contributed by atoms with Crippen molar-refractivity contribution in [1.29, 1.82) is 0 Å². The minimum absolute atomic E-state index is 0.00341. The zero-order chi connectivity index (χ0) is 15.9. The number of Topliss-reactive ketones (excluding diaryl/α,β-unsaturated/α-hetero) is 1. The lowest BCUT2D eigenvalue weighted by Gasteiger charge is -2.16. The summed E-state index contributed by atoms with van der Waals surface area (Å²) in [5, 5.41) is 0. The van der Waals surface area contributed by atoms with Crippen LogP contribution in [-0.4, -0.2) is 18.4 Å². The third-order valence-corrected chi connectivity index (χ3v) is 3.31. The van der Waals surface area contributed by atoms with Crippen molar-refractivity contribution in [2.45, 2.75) is 12.8 Å². The smallest absolute Gasteiger partial charge is 0.333 e. The Kier molecular flexibility index (Phi) is 5.26. The summed E-state index contributed by atoms with van der Waals surface area (Å²) in [5.41, 5.74) is 1.74. The summed E-state index contributed by atoms with van der Waals surface area (Å²) in [5.74, 6) is -1.07. The molecule has 0 aliphatic heterocycles. The molecule has 0 N–H and O–H groups in total. The molecule has 0 bridgehead atoms. The highest BCUT2D eigenvalue weighted by Gasteiger charge is 2.23. The molecule has 3 nitrogen and oxygen atoms in total. The Morgan fingerprint density at radius 2 is 1.55 bits per heavy atom. The van der Waals surface area contributed by atoms with E-state index in [-0.39, 0.29) is 12.4 Å². The summed E-state index contributed by atoms with van der Waals surface area (Å²) in [6.07, 6.45) is 0. The van der Waals surface area contributed by atoms with Crippen molar-refractivity contribution in [1.82, 2.24) is 0 Å². The summed E-state index contributed by atoms with van der Waals surface area (Å²) >= 11 is 0. The molecular formula is C19H18O3. The Hall–Kier alpha value is -2.68. The minimum atomic E-state index is -0.521. The highest BCUT2D eigenvalue weighted by molar-refractivity contribution is 6.01. The molecule has 0 amide bonds. The van der Waals surface area contributed by atoms with E-state index in [1.165, 1.54) is 0 Å². The van der Waals surface area contributed by atoms with Gasteiger partial charge in [0.25, 0.3) is 0 Å². The van der Waals surface area contributed by atoms with Gasteiger partial charge in [-0.3, -0.25) is 4.79 Å². The first kappa shape index (κ1) is 15.7. The number of rotatable bonds is 6. The molecule has 2 aromatic carbocycles. The first-order chi connectivity index (χ1) is 10.6. The Balaban J connectivity index is 2.24. The van der Waals surface area contributed by atoms with Crippen LogP contribution in [-0.2, 0) is 9.53 Å². The topological polar surface area (TPSA) is 43.4 Å². The fraction of sp³-hybridized carbons (Fsp3) is 0.158. The number of hydrogen-bond acceptors (Lipinski definition) is 3. The standard InChI is InChI=1S/C19H18O3/c1-14(2)19(21)22-13-17(15-9-5-3-6-10-15)18(20)16-11-7-4-8-12-16/h3-12,17H,1,13H2,2H3. The Labute approximate surface area is 130 Å². The summed E-state index contributed by atoms with van der Waals surface area (Å²) in [7, 11) is 0. The summed E-state index contributed by atoms with van der Waals surface area (Å²) in [4.78, 5) is 24.3. The van der Waals surface area contributed by atoms with Crippen molar-refractivity contribution < 1.29 is 14.3 Å². The molecule has 0 radical (unpaired) electrons. The molecular weight excluding hydrogens is 276 g/mol. The number of ketones is 1. The first-order valence-electron chi connectivity index (χ1n) is 7.06. The quantitative estimate of drug-likeness (QED) is 0.463. The van der Waals surface area contributed by atoms with Gasteiger partial charge in [0.15, 0.2) is 5.78 Å². The second-order valence-corrected chi connectivity index (χ2v) is 5.07. The lowest BCUT2D eigenvalue weighted by atomic mass is 9.91. The zero-order valence-corrected chi connectivity index (χ0v) is 12.5. The molecule has 2 aromatic rings. The Bertz CT molecular complexity index is 660. The van der Waals surface area contributed by atoms with Gasteiger partial charge in [0.05, 0.1) is 5.92 Å². The van der Waals surface area contributed by atoms with E-state index in [2.05, 4.69) is 6.58 Å². The van der Waals surface area contributed by atoms with E-state index in [1.807, 2.05) is 48.5 Å². The maximum Gasteiger partial charge on any atom is 0.333 e. The van der Waals surface area contributed by atoms with Crippen molar-refractivity contribution >= 4 is 11.8 Å². The van der Waals surface area contributed by atoms with Crippen LogP contribution in [0.25, 0.3) is 0 Å². The predicted molar refractivity (Wildman–Crippen MR) is 85.7 cm³/mol. The normalized spacial score (nSPS) is 11.5. The zero-order valence-electron chi connectivity index (χ0n) is 12.5. The largest absolute Gasteiger partial charge is 0.461 e. The summed E-state index contributed by atoms with van der Waals surface area (Å²) in [6.45, 7) is 5.13. The molecule has 0 spiro atoms. The Morgan fingerprint density at radius 1 is 1.00 bits per heavy atom. The van der Waals surface area contributed by atoms with Gasteiger partial charge in [-0.15, -0.1) is 0 Å². The van der Waals surface area contributed by atoms with E-state index in [0.717, 1.165) is 5.56 Å². The van der Waals surface area contributed by atoms with Gasteiger partial charge < -0.3 is 4.74 Å². The molecule has 0 saturated carbocycles. The molecule has 0 heterocycles. The van der Waals surface area contributed by atoms with Gasteiger partial charge >= 0.3 is 5.97 Å². The van der Waals surface area contributed by atoms with Crippen molar-refractivity contribution in [2.75, 3.05) is 6.61 Å². The van der Waals surface area contributed by atoms with Crippen molar-refractivity contribution in [3.63, 3.8) is 0 Å². The minimum Gasteiger partial charge on any atom is -0.461 e. The third-order valence-electron chi connectivity index (χ3n) is 3.31. The van der Waals surface area contributed by atoms with Crippen LogP contribution >= 0.6 is 0 Å². The van der Waals surface area contributed by atoms with Crippen LogP contribution in [0.2, 0.25) is 0 Å². The fourth-order valence-electron chi connectivity index (χ4n) is 2.09. The molecule has 3 heteroatoms. The van der Waals surface area contributed by atoms with E-state index in [9.17, 15) is 9.59 Å². The van der Waals surface area contributed by atoms with Crippen LogP contribution in [0.3, 0.4) is 0 Å². The van der Waals surface area contributed by atoms with Crippen molar-refractivity contribution in [3.05, 3.63) is 83.9 Å². The molecule has 0 saturated heterocycles. The van der Waals surface area contributed by atoms with Crippen LogP contribution in [0, 0.1) is 0 Å². The molecule has 1 atom stereocenters. The van der Waals surface area contributed by atoms with Gasteiger partial charge in [-0.25, -0.2) is 4.79 Å². The van der Waals surface area contributed by atoms with Crippen LogP contribution < -0.4 is 0 Å². The number of hydrogen-bond donors (Lipinski definition) is 0. The van der Waals surface area contributed by atoms with E-state index >= 15 is 0 Å². The lowest BCUT2D eigenvalue weighted by molar-refractivity contribution is -0.139. The SMILES string of the molecule is C=C(C)C(=O)OCC(C(=O)c1ccccc1)c1ccccc1. The van der Waals surface area contributed by atoms with E-state index in [0.29, 0.717) is 11.1 Å². The van der Waals surface area contributed by atoms with E-state index in [4.69, 9.17) is 4.74 Å². The molecule has 0 aromatic heterocycles. The van der Waals surface area contributed by atoms with Crippen molar-refractivity contribution in [2.24, 2.45) is 0 Å². The lowest BCUT2D eigenvalue weighted by Crippen LogP contribution is -2.21. The third kappa shape index (κ3) is 3.92. The van der Waals surface area contributed by atoms with Gasteiger partial charge in [-0.05, 0) is 12.5 Å². The van der Waals surface area contributed by atoms with Crippen molar-refractivity contribution in [3.8, 4) is 0 Å². The predicted octanol–water partition coefficient (Wildman–Crippen LogP) is 3.77. The number of esters is 1. The number of benzene rings is 2. The summed E-state index contributed by atoms with van der Waals surface area (Å²) in [6, 6.07) is 18.3. The molecule has 1 unspecified atom stereocenters. The molecule has 2 rings (SSSR count). The van der Waals surface area contributed by atoms with Crippen LogP contribution in [0.1, 0.15) is 28.8 Å². The average Bonchev–Trinajstić information content (AvgIpc) is 2.56. The van der Waals surface area contributed by atoms with Gasteiger partial charge in [-0.2, -0.15) is 0 Å². The van der Waals surface area contributed by atoms with E-state index < -0.39 is 11.9 Å². The second-order valence-electron chi connectivity index (χ2n) is 5.07. The number of carbonyl (C=O) groups excluding carboxylic acids is 2. The average molecular weight is 294 g/mol. The van der Waals surface area contributed by atoms with Gasteiger partial charge in [-0.1, -0.05) is 67.2 Å². The number of ether oxygens (including phenoxy) is 1. The monoisotopic (exact) mass is 294 g/mol. The van der Waals surface area contributed by atoms with Gasteiger partial charge in [0.1, 0.15) is 6.61 Å². The number of carbonyl (C=O) groups is 2. The maximum absolute atomic E-state index is 12.7. The summed E-state index contributed by atoms with van der Waals surface area (Å²) < 4.78 is 5.20. The highest BCUT2D eigenvalue weighted by atomic mass is 16.5. The maximum atomic E-state index is 12.7. The highest BCUT2D eigenvalue weighted by Crippen LogP contribution is 2.22. The molecule has 112 valence electrons. The van der Waals surface area contributed by atoms with Crippen LogP contribution in [0.5, 0.6) is 0 Å². The van der Waals surface area contributed by atoms with E-state index in [1.54, 1.807) is 19.1 Å². The first-order valence-corrected chi connectivity index (χ1v) is 7.06. The Morgan fingerprint density at radius 3 is 2.09 bits per heavy atom. The second kappa shape index (κ2) is 7.36. The van der Waals surface area contributed by atoms with Gasteiger partial charge in [0, 0.05) is 11.1 Å². The van der Waals surface area contributed by atoms with Crippen LogP contribution in [0.4, 0.5) is 0 Å². The van der Waals surface area contributed by atoms with Crippen LogP contribution in [0.15, 0.2) is 72.8 Å². The van der Waals surface area contributed by atoms with Gasteiger partial charge in [0.2, 0.25) is 0 Å².